The maximum absolute atomic E-state index is 2.66. The molecule has 0 amide bonds. The van der Waals surface area contributed by atoms with Crippen molar-refractivity contribution in [3.05, 3.63) is 246 Å². The summed E-state index contributed by atoms with van der Waals surface area (Å²) in [6.45, 7) is 5.12. The summed E-state index contributed by atoms with van der Waals surface area (Å²) in [6.07, 6.45) is 0. The van der Waals surface area contributed by atoms with Gasteiger partial charge in [0.1, 0.15) is 0 Å². The fraction of sp³-hybridized carbons (Fsp3) is 0.0625. The Bertz CT molecular complexity index is 3990. The van der Waals surface area contributed by atoms with Crippen LogP contribution >= 0.6 is 0 Å². The molecule has 0 bridgehead atoms. The highest BCUT2D eigenvalue weighted by molar-refractivity contribution is 7.04. The molecule has 3 heteroatoms. The number of benzene rings is 10. The van der Waals surface area contributed by atoms with Crippen LogP contribution < -0.4 is 32.8 Å². The molecule has 1 nitrogen and oxygen atoms in total. The Kier molecular flexibility index (Phi) is 6.79. The van der Waals surface area contributed by atoms with E-state index >= 15 is 0 Å². The van der Waals surface area contributed by atoms with E-state index in [-0.39, 0.29) is 18.8 Å². The molecule has 67 heavy (non-hydrogen) atoms. The monoisotopic (exact) mass is 845 g/mol. The maximum atomic E-state index is 2.66. The zero-order chi connectivity index (χ0) is 43.9. The van der Waals surface area contributed by atoms with Crippen LogP contribution in [-0.2, 0) is 10.8 Å². The van der Waals surface area contributed by atoms with Gasteiger partial charge in [0.05, 0.1) is 5.41 Å². The van der Waals surface area contributed by atoms with E-state index in [0.717, 1.165) is 0 Å². The van der Waals surface area contributed by atoms with E-state index < -0.39 is 5.41 Å². The van der Waals surface area contributed by atoms with Crippen molar-refractivity contribution in [2.75, 3.05) is 0 Å². The minimum absolute atomic E-state index is 0.0802. The predicted octanol–water partition coefficient (Wildman–Crippen LogP) is 10.8. The minimum atomic E-state index is -0.487. The minimum Gasteiger partial charge on any atom is -0.311 e. The molecule has 0 saturated carbocycles. The third kappa shape index (κ3) is 4.31. The molecule has 5 aliphatic rings. The van der Waals surface area contributed by atoms with E-state index in [1.165, 1.54) is 138 Å². The number of hydrogen-bond acceptors (Lipinski definition) is 0. The molecular weight excluding hydrogens is 804 g/mol. The number of hydrogen-bond donors (Lipinski definition) is 0. The first-order chi connectivity index (χ1) is 33.0. The van der Waals surface area contributed by atoms with Gasteiger partial charge in [-0.3, -0.25) is 0 Å². The SMILES string of the molecule is CC1(C)c2ccccc2-c2cc3c(cc21)C(c1ccccc1)(c1ccccc1)c1ccc(-c2cccc(B4c5ccc6c7c5-n5c8c4cccc8c4cccc(c45)B7c4ccccc4-6)c2)cc1-3. The summed E-state index contributed by atoms with van der Waals surface area (Å²) in [7, 11) is 0. The first kappa shape index (κ1) is 36.4. The number of para-hydroxylation sites is 2. The molecule has 3 aliphatic heterocycles. The number of aromatic nitrogens is 1. The third-order valence-electron chi connectivity index (χ3n) is 16.9. The Hall–Kier alpha value is -7.87. The molecular formula is C64H41B2N. The highest BCUT2D eigenvalue weighted by Crippen LogP contribution is 2.60. The highest BCUT2D eigenvalue weighted by atomic mass is 15.0. The lowest BCUT2D eigenvalue weighted by Crippen LogP contribution is -2.61. The second kappa shape index (κ2) is 12.5. The second-order valence-electron chi connectivity index (χ2n) is 20.2. The van der Waals surface area contributed by atoms with Gasteiger partial charge in [0.15, 0.2) is 0 Å². The molecule has 0 N–H and O–H groups in total. The molecule has 1 aromatic heterocycles. The topological polar surface area (TPSA) is 4.93 Å². The van der Waals surface area contributed by atoms with Gasteiger partial charge in [-0.05, 0) is 112 Å². The summed E-state index contributed by atoms with van der Waals surface area (Å²) in [5.74, 6) is 0. The molecule has 0 atom stereocenters. The van der Waals surface area contributed by atoms with E-state index in [1.54, 1.807) is 0 Å². The van der Waals surface area contributed by atoms with Gasteiger partial charge in [-0.25, -0.2) is 0 Å². The Morgan fingerprint density at radius 2 is 0.970 bits per heavy atom. The van der Waals surface area contributed by atoms with Crippen LogP contribution in [0.2, 0.25) is 0 Å². The van der Waals surface area contributed by atoms with Crippen molar-refractivity contribution < 1.29 is 0 Å². The van der Waals surface area contributed by atoms with Crippen molar-refractivity contribution in [2.24, 2.45) is 0 Å². The average molecular weight is 846 g/mol. The van der Waals surface area contributed by atoms with E-state index in [1.807, 2.05) is 0 Å². The van der Waals surface area contributed by atoms with E-state index in [9.17, 15) is 0 Å². The molecule has 0 unspecified atom stereocenters. The van der Waals surface area contributed by atoms with Crippen LogP contribution in [0.3, 0.4) is 0 Å². The lowest BCUT2D eigenvalue weighted by Gasteiger charge is -2.34. The number of nitrogens with zero attached hydrogens (tertiary/aromatic N) is 1. The van der Waals surface area contributed by atoms with Crippen molar-refractivity contribution in [2.45, 2.75) is 24.7 Å². The number of rotatable bonds is 4. The Labute approximate surface area is 391 Å². The largest absolute Gasteiger partial charge is 0.311 e. The van der Waals surface area contributed by atoms with E-state index in [2.05, 4.69) is 231 Å². The van der Waals surface area contributed by atoms with Crippen molar-refractivity contribution in [3.8, 4) is 50.2 Å². The van der Waals surface area contributed by atoms with Gasteiger partial charge in [0.25, 0.3) is 0 Å². The van der Waals surface area contributed by atoms with Crippen LogP contribution in [0.15, 0.2) is 212 Å². The molecule has 2 aliphatic carbocycles. The normalized spacial score (nSPS) is 15.2. The fourth-order valence-electron chi connectivity index (χ4n) is 14.3. The van der Waals surface area contributed by atoms with Crippen LogP contribution in [0.4, 0.5) is 0 Å². The van der Waals surface area contributed by atoms with Gasteiger partial charge in [0, 0.05) is 32.9 Å². The lowest BCUT2D eigenvalue weighted by molar-refractivity contribution is 0.656. The Morgan fingerprint density at radius 3 is 1.73 bits per heavy atom. The van der Waals surface area contributed by atoms with Gasteiger partial charge < -0.3 is 4.57 Å². The first-order valence-electron chi connectivity index (χ1n) is 24.0. The second-order valence-corrected chi connectivity index (χ2v) is 20.2. The quantitative estimate of drug-likeness (QED) is 0.156. The molecule has 0 spiro atoms. The van der Waals surface area contributed by atoms with Crippen LogP contribution in [-0.4, -0.2) is 18.0 Å². The first-order valence-corrected chi connectivity index (χ1v) is 24.0. The van der Waals surface area contributed by atoms with Crippen LogP contribution in [0.5, 0.6) is 0 Å². The molecule has 4 heterocycles. The van der Waals surface area contributed by atoms with Crippen LogP contribution in [0.25, 0.3) is 72.0 Å². The molecule has 11 aromatic rings. The molecule has 0 radical (unpaired) electrons. The number of fused-ring (bicyclic) bond motifs is 11. The highest BCUT2D eigenvalue weighted by Gasteiger charge is 2.49. The smallest absolute Gasteiger partial charge is 0.248 e. The Balaban J connectivity index is 0.926. The molecule has 10 aromatic carbocycles. The van der Waals surface area contributed by atoms with Crippen LogP contribution in [0.1, 0.15) is 47.2 Å². The van der Waals surface area contributed by atoms with Gasteiger partial charge in [-0.2, -0.15) is 0 Å². The molecule has 0 fully saturated rings. The van der Waals surface area contributed by atoms with Gasteiger partial charge >= 0.3 is 0 Å². The van der Waals surface area contributed by atoms with Crippen molar-refractivity contribution in [1.82, 2.24) is 4.57 Å². The molecule has 16 rings (SSSR count). The lowest BCUT2D eigenvalue weighted by atomic mass is 9.32. The van der Waals surface area contributed by atoms with Gasteiger partial charge in [-0.15, -0.1) is 0 Å². The summed E-state index contributed by atoms with van der Waals surface area (Å²) < 4.78 is 2.66. The van der Waals surface area contributed by atoms with E-state index in [4.69, 9.17) is 0 Å². The molecule has 0 saturated heterocycles. The standard InChI is InChI=1S/C64H41B2N/c1-63(2)51-26-11-9-22-43(51)49-36-50-48-35-39(30-32-52(48)64(54(50)37-53(49)63,40-17-5-3-6-18-40)41-19-7-4-8-20-41)38-16-13-21-42(34-38)65-56-28-14-24-46-47-25-15-29-57-61(47)67(60(46)56)62-58(65)33-31-45-44-23-10-12-27-55(44)66(57)59(45)62/h3-37H,1-2H3. The van der Waals surface area contributed by atoms with Crippen molar-refractivity contribution in [1.29, 1.82) is 0 Å². The average Bonchev–Trinajstić information content (AvgIpc) is 4.07. The van der Waals surface area contributed by atoms with Crippen molar-refractivity contribution in [3.63, 3.8) is 0 Å². The van der Waals surface area contributed by atoms with Crippen molar-refractivity contribution >= 4 is 68.0 Å². The maximum Gasteiger partial charge on any atom is 0.248 e. The third-order valence-corrected chi connectivity index (χ3v) is 16.9. The van der Waals surface area contributed by atoms with Crippen LogP contribution in [0, 0.1) is 0 Å². The zero-order valence-corrected chi connectivity index (χ0v) is 37.3. The summed E-state index contributed by atoms with van der Waals surface area (Å²) >= 11 is 0. The van der Waals surface area contributed by atoms with Gasteiger partial charge in [0.2, 0.25) is 13.4 Å². The Morgan fingerprint density at radius 1 is 0.358 bits per heavy atom. The fourth-order valence-corrected chi connectivity index (χ4v) is 14.3. The zero-order valence-electron chi connectivity index (χ0n) is 37.3. The van der Waals surface area contributed by atoms with E-state index in [0.29, 0.717) is 0 Å². The molecule has 308 valence electrons. The predicted molar refractivity (Wildman–Crippen MR) is 282 cm³/mol. The van der Waals surface area contributed by atoms with Gasteiger partial charge in [-0.1, -0.05) is 225 Å². The summed E-state index contributed by atoms with van der Waals surface area (Å²) in [6, 6.07) is 81.7. The summed E-state index contributed by atoms with van der Waals surface area (Å²) in [5.41, 5.74) is 30.7. The summed E-state index contributed by atoms with van der Waals surface area (Å²) in [4.78, 5) is 0. The summed E-state index contributed by atoms with van der Waals surface area (Å²) in [5, 5.41) is 2.70.